The molecule has 3 aromatic rings. The summed E-state index contributed by atoms with van der Waals surface area (Å²) in [5.41, 5.74) is 2.45. The van der Waals surface area contributed by atoms with Gasteiger partial charge in [-0.2, -0.15) is 5.10 Å². The number of rotatable bonds is 7. The van der Waals surface area contributed by atoms with E-state index in [1.807, 2.05) is 13.0 Å². The van der Waals surface area contributed by atoms with Crippen LogP contribution in [-0.2, 0) is 6.42 Å². The fraction of sp³-hybridized carbons (Fsp3) is 0.190. The Bertz CT molecular complexity index is 952. The maximum Gasteiger partial charge on any atom is 0.254 e. The van der Waals surface area contributed by atoms with E-state index < -0.39 is 0 Å². The van der Waals surface area contributed by atoms with Crippen molar-refractivity contribution < 1.29 is 14.0 Å². The summed E-state index contributed by atoms with van der Waals surface area (Å²) in [5, 5.41) is 9.82. The second-order valence-electron chi connectivity index (χ2n) is 6.12. The first-order valence-electron chi connectivity index (χ1n) is 9.04. The highest BCUT2D eigenvalue weighted by Crippen LogP contribution is 2.16. The second kappa shape index (κ2) is 8.94. The van der Waals surface area contributed by atoms with E-state index in [4.69, 9.17) is 0 Å². The molecule has 2 amide bonds. The average Bonchev–Trinajstić information content (AvgIpc) is 3.16. The third kappa shape index (κ3) is 4.43. The van der Waals surface area contributed by atoms with Crippen molar-refractivity contribution in [3.63, 3.8) is 0 Å². The second-order valence-corrected chi connectivity index (χ2v) is 6.12. The molecule has 0 aliphatic heterocycles. The number of hydrogen-bond donors (Lipinski definition) is 2. The Hall–Kier alpha value is -3.48. The zero-order chi connectivity index (χ0) is 19.9. The molecule has 0 saturated heterocycles. The lowest BCUT2D eigenvalue weighted by atomic mass is 10.2. The summed E-state index contributed by atoms with van der Waals surface area (Å²) >= 11 is 0. The molecule has 2 aromatic carbocycles. The molecule has 0 fully saturated rings. The monoisotopic (exact) mass is 380 g/mol. The fourth-order valence-corrected chi connectivity index (χ4v) is 2.85. The molecule has 7 heteroatoms. The van der Waals surface area contributed by atoms with Crippen LogP contribution in [0.4, 0.5) is 4.39 Å². The maximum atomic E-state index is 13.1. The van der Waals surface area contributed by atoms with Crippen LogP contribution in [0.5, 0.6) is 0 Å². The topological polar surface area (TPSA) is 76.0 Å². The van der Waals surface area contributed by atoms with E-state index in [-0.39, 0.29) is 17.6 Å². The van der Waals surface area contributed by atoms with Gasteiger partial charge in [0, 0.05) is 18.7 Å². The molecular formula is C21H21FN4O2. The highest BCUT2D eigenvalue weighted by molar-refractivity contribution is 5.95. The van der Waals surface area contributed by atoms with Crippen molar-refractivity contribution in [1.29, 1.82) is 0 Å². The molecule has 0 saturated carbocycles. The molecular weight excluding hydrogens is 359 g/mol. The van der Waals surface area contributed by atoms with Gasteiger partial charge in [-0.15, -0.1) is 0 Å². The minimum Gasteiger partial charge on any atom is -0.350 e. The lowest BCUT2D eigenvalue weighted by Crippen LogP contribution is -2.34. The number of halogens is 1. The summed E-state index contributed by atoms with van der Waals surface area (Å²) in [6.07, 6.45) is 2.09. The molecule has 0 aliphatic rings. The lowest BCUT2D eigenvalue weighted by molar-refractivity contribution is 0.0927. The highest BCUT2D eigenvalue weighted by atomic mass is 19.1. The lowest BCUT2D eigenvalue weighted by Gasteiger charge is -2.09. The van der Waals surface area contributed by atoms with Gasteiger partial charge in [0.2, 0.25) is 0 Å². The normalized spacial score (nSPS) is 10.5. The van der Waals surface area contributed by atoms with Crippen LogP contribution in [0.15, 0.2) is 60.8 Å². The first kappa shape index (κ1) is 19.3. The summed E-state index contributed by atoms with van der Waals surface area (Å²) in [6, 6.07) is 14.8. The van der Waals surface area contributed by atoms with Crippen LogP contribution >= 0.6 is 0 Å². The minimum absolute atomic E-state index is 0.187. The quantitative estimate of drug-likeness (QED) is 0.619. The van der Waals surface area contributed by atoms with Gasteiger partial charge in [0.05, 0.1) is 23.1 Å². The highest BCUT2D eigenvalue weighted by Gasteiger charge is 2.17. The van der Waals surface area contributed by atoms with Crippen LogP contribution < -0.4 is 10.6 Å². The van der Waals surface area contributed by atoms with E-state index in [1.165, 1.54) is 18.3 Å². The molecule has 0 spiro atoms. The molecule has 0 bridgehead atoms. The summed E-state index contributed by atoms with van der Waals surface area (Å²) in [4.78, 5) is 24.5. The zero-order valence-electron chi connectivity index (χ0n) is 15.5. The number of hydrogen-bond acceptors (Lipinski definition) is 3. The predicted octanol–water partition coefficient (Wildman–Crippen LogP) is 2.73. The Morgan fingerprint density at radius 1 is 0.964 bits per heavy atom. The number of aromatic nitrogens is 2. The van der Waals surface area contributed by atoms with Gasteiger partial charge in [-0.05, 0) is 42.8 Å². The minimum atomic E-state index is -0.329. The average molecular weight is 380 g/mol. The molecule has 2 N–H and O–H groups in total. The van der Waals surface area contributed by atoms with Crippen molar-refractivity contribution in [3.8, 4) is 5.69 Å². The SMILES string of the molecule is CCc1c(C(=O)NCCNC(=O)c2ccccc2)cnn1-c1ccc(F)cc1. The van der Waals surface area contributed by atoms with Crippen LogP contribution in [0.1, 0.15) is 33.3 Å². The molecule has 28 heavy (non-hydrogen) atoms. The number of benzene rings is 2. The number of amides is 2. The van der Waals surface area contributed by atoms with Gasteiger partial charge in [0.15, 0.2) is 0 Å². The van der Waals surface area contributed by atoms with E-state index in [0.717, 1.165) is 5.69 Å². The van der Waals surface area contributed by atoms with Crippen LogP contribution in [0, 0.1) is 5.82 Å². The fourth-order valence-electron chi connectivity index (χ4n) is 2.85. The van der Waals surface area contributed by atoms with Crippen LogP contribution in [0.3, 0.4) is 0 Å². The molecule has 1 aromatic heterocycles. The third-order valence-corrected chi connectivity index (χ3v) is 4.25. The number of nitrogens with one attached hydrogen (secondary N) is 2. The Balaban J connectivity index is 1.59. The van der Waals surface area contributed by atoms with Gasteiger partial charge in [0.1, 0.15) is 5.82 Å². The van der Waals surface area contributed by atoms with Gasteiger partial charge in [-0.25, -0.2) is 9.07 Å². The smallest absolute Gasteiger partial charge is 0.254 e. The summed E-state index contributed by atoms with van der Waals surface area (Å²) in [5.74, 6) is -0.781. The van der Waals surface area contributed by atoms with Crippen molar-refractivity contribution >= 4 is 11.8 Å². The number of carbonyl (C=O) groups is 2. The van der Waals surface area contributed by atoms with E-state index >= 15 is 0 Å². The van der Waals surface area contributed by atoms with Crippen molar-refractivity contribution in [2.24, 2.45) is 0 Å². The zero-order valence-corrected chi connectivity index (χ0v) is 15.5. The Morgan fingerprint density at radius 2 is 1.61 bits per heavy atom. The van der Waals surface area contributed by atoms with Crippen molar-refractivity contribution in [2.45, 2.75) is 13.3 Å². The molecule has 0 atom stereocenters. The summed E-state index contributed by atoms with van der Waals surface area (Å²) in [7, 11) is 0. The molecule has 0 unspecified atom stereocenters. The van der Waals surface area contributed by atoms with Gasteiger partial charge in [0.25, 0.3) is 11.8 Å². The largest absolute Gasteiger partial charge is 0.350 e. The van der Waals surface area contributed by atoms with E-state index in [1.54, 1.807) is 41.1 Å². The first-order valence-corrected chi connectivity index (χ1v) is 9.04. The molecule has 6 nitrogen and oxygen atoms in total. The van der Waals surface area contributed by atoms with E-state index in [9.17, 15) is 14.0 Å². The van der Waals surface area contributed by atoms with Crippen LogP contribution in [0.25, 0.3) is 5.69 Å². The number of nitrogens with zero attached hydrogens (tertiary/aromatic N) is 2. The molecule has 1 heterocycles. The molecule has 144 valence electrons. The van der Waals surface area contributed by atoms with E-state index in [2.05, 4.69) is 15.7 Å². The Labute approximate surface area is 162 Å². The summed E-state index contributed by atoms with van der Waals surface area (Å²) < 4.78 is 14.8. The maximum absolute atomic E-state index is 13.1. The van der Waals surface area contributed by atoms with Crippen LogP contribution in [-0.4, -0.2) is 34.7 Å². The van der Waals surface area contributed by atoms with Gasteiger partial charge in [-0.1, -0.05) is 25.1 Å². The van der Waals surface area contributed by atoms with Crippen molar-refractivity contribution in [3.05, 3.63) is 83.4 Å². The Morgan fingerprint density at radius 3 is 2.25 bits per heavy atom. The third-order valence-electron chi connectivity index (χ3n) is 4.25. The molecule has 0 aliphatic carbocycles. The van der Waals surface area contributed by atoms with Gasteiger partial charge in [-0.3, -0.25) is 9.59 Å². The Kier molecular flexibility index (Phi) is 6.16. The van der Waals surface area contributed by atoms with Gasteiger partial charge >= 0.3 is 0 Å². The number of carbonyl (C=O) groups excluding carboxylic acids is 2. The standard InChI is InChI=1S/C21H21FN4O2/c1-2-19-18(14-25-26(19)17-10-8-16(22)9-11-17)21(28)24-13-12-23-20(27)15-6-4-3-5-7-15/h3-11,14H,2,12-13H2,1H3,(H,23,27)(H,24,28). The summed E-state index contributed by atoms with van der Waals surface area (Å²) in [6.45, 7) is 2.53. The molecule has 0 radical (unpaired) electrons. The predicted molar refractivity (Wildman–Crippen MR) is 104 cm³/mol. The molecule has 3 rings (SSSR count). The van der Waals surface area contributed by atoms with Crippen molar-refractivity contribution in [2.75, 3.05) is 13.1 Å². The van der Waals surface area contributed by atoms with Gasteiger partial charge < -0.3 is 10.6 Å². The van der Waals surface area contributed by atoms with E-state index in [0.29, 0.717) is 36.3 Å². The van der Waals surface area contributed by atoms with Crippen LogP contribution in [0.2, 0.25) is 0 Å². The first-order chi connectivity index (χ1) is 13.6. The van der Waals surface area contributed by atoms with Crippen molar-refractivity contribution in [1.82, 2.24) is 20.4 Å².